The van der Waals surface area contributed by atoms with Gasteiger partial charge in [-0.1, -0.05) is 46.3 Å². The Morgan fingerprint density at radius 2 is 1.79 bits per heavy atom. The summed E-state index contributed by atoms with van der Waals surface area (Å²) >= 11 is 3.46. The second-order valence-corrected chi connectivity index (χ2v) is 6.66. The summed E-state index contributed by atoms with van der Waals surface area (Å²) in [5, 5.41) is 2.61. The van der Waals surface area contributed by atoms with Crippen LogP contribution in [0.15, 0.2) is 75.8 Å². The number of furan rings is 1. The fourth-order valence-electron chi connectivity index (χ4n) is 2.39. The molecule has 6 nitrogen and oxygen atoms in total. The average molecular weight is 444 g/mol. The molecule has 3 rings (SSSR count). The van der Waals surface area contributed by atoms with Crippen molar-refractivity contribution in [1.29, 1.82) is 0 Å². The van der Waals surface area contributed by atoms with Crippen molar-refractivity contribution in [3.63, 3.8) is 0 Å². The summed E-state index contributed by atoms with van der Waals surface area (Å²) in [4.78, 5) is 24.2. The van der Waals surface area contributed by atoms with Crippen LogP contribution < -0.4 is 10.1 Å². The number of hydrogen-bond acceptors (Lipinski definition) is 5. The Kier molecular flexibility index (Phi) is 6.86. The van der Waals surface area contributed by atoms with Gasteiger partial charge in [-0.25, -0.2) is 4.79 Å². The third-order valence-corrected chi connectivity index (χ3v) is 4.60. The molecule has 0 spiro atoms. The summed E-state index contributed by atoms with van der Waals surface area (Å²) < 4.78 is 16.9. The van der Waals surface area contributed by atoms with Crippen LogP contribution in [0.3, 0.4) is 0 Å². The van der Waals surface area contributed by atoms with E-state index in [-0.39, 0.29) is 18.7 Å². The van der Waals surface area contributed by atoms with Crippen molar-refractivity contribution in [2.75, 3.05) is 6.61 Å². The molecule has 0 atom stereocenters. The normalized spacial score (nSPS) is 10.3. The van der Waals surface area contributed by atoms with Crippen molar-refractivity contribution in [3.8, 4) is 5.75 Å². The smallest absolute Gasteiger partial charge is 0.342 e. The van der Waals surface area contributed by atoms with Crippen LogP contribution in [-0.2, 0) is 22.7 Å². The minimum atomic E-state index is -0.629. The largest absolute Gasteiger partial charge is 0.488 e. The molecule has 0 radical (unpaired) electrons. The number of halogens is 1. The summed E-state index contributed by atoms with van der Waals surface area (Å²) in [5.74, 6) is -0.0445. The van der Waals surface area contributed by atoms with Gasteiger partial charge in [0, 0.05) is 10.0 Å². The van der Waals surface area contributed by atoms with Gasteiger partial charge < -0.3 is 19.2 Å². The molecule has 7 heteroatoms. The van der Waals surface area contributed by atoms with Crippen LogP contribution >= 0.6 is 15.9 Å². The third kappa shape index (κ3) is 5.47. The first-order chi connectivity index (χ1) is 13.6. The van der Waals surface area contributed by atoms with Gasteiger partial charge in [0.2, 0.25) is 0 Å². The molecule has 1 aromatic heterocycles. The van der Waals surface area contributed by atoms with Crippen molar-refractivity contribution < 1.29 is 23.5 Å². The van der Waals surface area contributed by atoms with Crippen molar-refractivity contribution >= 4 is 27.8 Å². The molecule has 0 unspecified atom stereocenters. The van der Waals surface area contributed by atoms with Crippen molar-refractivity contribution in [2.45, 2.75) is 13.2 Å². The number of para-hydroxylation sites is 1. The SMILES string of the molecule is O=C(COC(=O)c1ccccc1OCc1ccccc1Br)NCc1ccco1. The lowest BCUT2D eigenvalue weighted by molar-refractivity contribution is -0.124. The maximum Gasteiger partial charge on any atom is 0.342 e. The van der Waals surface area contributed by atoms with Crippen LogP contribution in [0.1, 0.15) is 21.7 Å². The molecule has 0 aliphatic heterocycles. The Hall–Kier alpha value is -3.06. The first kappa shape index (κ1) is 19.7. The Morgan fingerprint density at radius 1 is 1.00 bits per heavy atom. The molecule has 0 bridgehead atoms. The van der Waals surface area contributed by atoms with E-state index < -0.39 is 18.5 Å². The van der Waals surface area contributed by atoms with Crippen LogP contribution in [0.5, 0.6) is 5.75 Å². The number of hydrogen-bond donors (Lipinski definition) is 1. The molecule has 1 N–H and O–H groups in total. The molecule has 144 valence electrons. The quantitative estimate of drug-likeness (QED) is 0.530. The number of rotatable bonds is 8. The van der Waals surface area contributed by atoms with Gasteiger partial charge >= 0.3 is 5.97 Å². The second kappa shape index (κ2) is 9.75. The van der Waals surface area contributed by atoms with Crippen molar-refractivity contribution in [3.05, 3.63) is 88.3 Å². The minimum absolute atomic E-state index is 0.231. The standard InChI is InChI=1S/C21H18BrNO5/c22-18-9-3-1-6-15(18)13-27-19-10-4-2-8-17(19)21(25)28-14-20(24)23-12-16-7-5-11-26-16/h1-11H,12-14H2,(H,23,24). The zero-order chi connectivity index (χ0) is 19.8. The molecule has 0 saturated heterocycles. The van der Waals surface area contributed by atoms with E-state index in [4.69, 9.17) is 13.9 Å². The highest BCUT2D eigenvalue weighted by Crippen LogP contribution is 2.22. The Morgan fingerprint density at radius 3 is 2.57 bits per heavy atom. The molecule has 28 heavy (non-hydrogen) atoms. The summed E-state index contributed by atoms with van der Waals surface area (Å²) in [5.41, 5.74) is 1.20. The highest BCUT2D eigenvalue weighted by atomic mass is 79.9. The first-order valence-electron chi connectivity index (χ1n) is 8.55. The number of esters is 1. The Labute approximate surface area is 170 Å². The van der Waals surface area contributed by atoms with Gasteiger partial charge in [-0.2, -0.15) is 0 Å². The van der Waals surface area contributed by atoms with Gasteiger partial charge in [0.15, 0.2) is 6.61 Å². The molecule has 0 aliphatic carbocycles. The van der Waals surface area contributed by atoms with Crippen LogP contribution in [0.25, 0.3) is 0 Å². The molecule has 2 aromatic carbocycles. The van der Waals surface area contributed by atoms with E-state index in [2.05, 4.69) is 21.2 Å². The fraction of sp³-hybridized carbons (Fsp3) is 0.143. The number of carbonyl (C=O) groups excluding carboxylic acids is 2. The topological polar surface area (TPSA) is 77.8 Å². The molecule has 3 aromatic rings. The minimum Gasteiger partial charge on any atom is -0.488 e. The van der Waals surface area contributed by atoms with E-state index in [1.54, 1.807) is 36.4 Å². The molecular formula is C21H18BrNO5. The van der Waals surface area contributed by atoms with Crippen LogP contribution in [0, 0.1) is 0 Å². The molecule has 1 amide bonds. The van der Waals surface area contributed by atoms with Gasteiger partial charge in [0.25, 0.3) is 5.91 Å². The van der Waals surface area contributed by atoms with E-state index in [1.807, 2.05) is 24.3 Å². The summed E-state index contributed by atoms with van der Waals surface area (Å²) in [6, 6.07) is 17.9. The van der Waals surface area contributed by atoms with E-state index in [9.17, 15) is 9.59 Å². The summed E-state index contributed by atoms with van der Waals surface area (Å²) in [6.45, 7) is 0.127. The summed E-state index contributed by atoms with van der Waals surface area (Å²) in [6.07, 6.45) is 1.52. The van der Waals surface area contributed by atoms with Crippen LogP contribution in [-0.4, -0.2) is 18.5 Å². The predicted molar refractivity (Wildman–Crippen MR) is 106 cm³/mol. The van der Waals surface area contributed by atoms with Gasteiger partial charge in [-0.15, -0.1) is 0 Å². The molecule has 0 aliphatic rings. The Balaban J connectivity index is 1.54. The lowest BCUT2D eigenvalue weighted by Crippen LogP contribution is -2.28. The predicted octanol–water partition coefficient (Wildman–Crippen LogP) is 4.09. The number of amides is 1. The monoisotopic (exact) mass is 443 g/mol. The zero-order valence-corrected chi connectivity index (χ0v) is 16.5. The van der Waals surface area contributed by atoms with E-state index in [0.29, 0.717) is 11.5 Å². The van der Waals surface area contributed by atoms with E-state index in [1.165, 1.54) is 6.26 Å². The van der Waals surface area contributed by atoms with Crippen molar-refractivity contribution in [2.24, 2.45) is 0 Å². The van der Waals surface area contributed by atoms with Crippen LogP contribution in [0.4, 0.5) is 0 Å². The van der Waals surface area contributed by atoms with Gasteiger partial charge in [0.1, 0.15) is 23.7 Å². The third-order valence-electron chi connectivity index (χ3n) is 3.82. The maximum atomic E-state index is 12.4. The average Bonchev–Trinajstić information content (AvgIpc) is 3.24. The number of nitrogens with one attached hydrogen (secondary N) is 1. The first-order valence-corrected chi connectivity index (χ1v) is 9.34. The van der Waals surface area contributed by atoms with Gasteiger partial charge in [-0.3, -0.25) is 4.79 Å². The lowest BCUT2D eigenvalue weighted by Gasteiger charge is -2.12. The molecule has 0 saturated carbocycles. The number of benzene rings is 2. The number of carbonyl (C=O) groups is 2. The van der Waals surface area contributed by atoms with Crippen molar-refractivity contribution in [1.82, 2.24) is 5.32 Å². The zero-order valence-electron chi connectivity index (χ0n) is 14.9. The summed E-state index contributed by atoms with van der Waals surface area (Å²) in [7, 11) is 0. The lowest BCUT2D eigenvalue weighted by atomic mass is 10.2. The van der Waals surface area contributed by atoms with E-state index >= 15 is 0 Å². The number of ether oxygens (including phenoxy) is 2. The van der Waals surface area contributed by atoms with Gasteiger partial charge in [0.05, 0.1) is 12.8 Å². The Bertz CT molecular complexity index is 939. The highest BCUT2D eigenvalue weighted by Gasteiger charge is 2.16. The highest BCUT2D eigenvalue weighted by molar-refractivity contribution is 9.10. The molecule has 0 fully saturated rings. The fourth-order valence-corrected chi connectivity index (χ4v) is 2.79. The van der Waals surface area contributed by atoms with E-state index in [0.717, 1.165) is 10.0 Å². The molecule has 1 heterocycles. The second-order valence-electron chi connectivity index (χ2n) is 5.81. The van der Waals surface area contributed by atoms with Gasteiger partial charge in [-0.05, 0) is 30.3 Å². The maximum absolute atomic E-state index is 12.4. The van der Waals surface area contributed by atoms with Crippen LogP contribution in [0.2, 0.25) is 0 Å². The molecular weight excluding hydrogens is 426 g/mol.